The average molecular weight is 228 g/mol. The van der Waals surface area contributed by atoms with E-state index >= 15 is 0 Å². The molecule has 88 valence electrons. The van der Waals surface area contributed by atoms with Crippen molar-refractivity contribution < 1.29 is 4.74 Å². The van der Waals surface area contributed by atoms with Crippen molar-refractivity contribution in [3.05, 3.63) is 48.2 Å². The summed E-state index contributed by atoms with van der Waals surface area (Å²) in [4.78, 5) is 4.20. The van der Waals surface area contributed by atoms with Gasteiger partial charge < -0.3 is 10.1 Å². The van der Waals surface area contributed by atoms with E-state index in [9.17, 15) is 0 Å². The zero-order chi connectivity index (χ0) is 12.1. The number of aromatic nitrogens is 1. The van der Waals surface area contributed by atoms with Gasteiger partial charge in [0.15, 0.2) is 0 Å². The number of ether oxygens (including phenoxy) is 1. The lowest BCUT2D eigenvalue weighted by molar-refractivity contribution is 0.398. The van der Waals surface area contributed by atoms with Gasteiger partial charge in [0.25, 0.3) is 0 Å². The molecule has 0 atom stereocenters. The van der Waals surface area contributed by atoms with Gasteiger partial charge in [0.2, 0.25) is 5.88 Å². The molecule has 0 unspecified atom stereocenters. The first-order chi connectivity index (χ1) is 8.33. The molecule has 0 radical (unpaired) electrons. The van der Waals surface area contributed by atoms with E-state index < -0.39 is 0 Å². The summed E-state index contributed by atoms with van der Waals surface area (Å²) >= 11 is 0. The summed E-state index contributed by atoms with van der Waals surface area (Å²) in [5.74, 6) is 0.639. The molecule has 2 rings (SSSR count). The predicted molar refractivity (Wildman–Crippen MR) is 69.0 cm³/mol. The molecule has 0 aliphatic heterocycles. The lowest BCUT2D eigenvalue weighted by Crippen LogP contribution is -2.04. The fraction of sp³-hybridized carbons (Fsp3) is 0.214. The van der Waals surface area contributed by atoms with Gasteiger partial charge in [0, 0.05) is 24.4 Å². The molecule has 1 heterocycles. The molecule has 3 heteroatoms. The van der Waals surface area contributed by atoms with Crippen molar-refractivity contribution in [1.82, 2.24) is 10.3 Å². The number of nitrogens with zero attached hydrogens (tertiary/aromatic N) is 1. The average Bonchev–Trinajstić information content (AvgIpc) is 2.40. The first kappa shape index (κ1) is 11.6. The first-order valence-electron chi connectivity index (χ1n) is 5.57. The third-order valence-corrected chi connectivity index (χ3v) is 2.61. The van der Waals surface area contributed by atoms with E-state index in [1.165, 1.54) is 11.1 Å². The second-order valence-corrected chi connectivity index (χ2v) is 3.82. The van der Waals surface area contributed by atoms with Gasteiger partial charge in [-0.15, -0.1) is 0 Å². The minimum absolute atomic E-state index is 0.639. The summed E-state index contributed by atoms with van der Waals surface area (Å²) < 4.78 is 5.04. The van der Waals surface area contributed by atoms with Gasteiger partial charge in [-0.2, -0.15) is 0 Å². The summed E-state index contributed by atoms with van der Waals surface area (Å²) in [6, 6.07) is 12.3. The molecule has 0 aliphatic carbocycles. The highest BCUT2D eigenvalue weighted by Crippen LogP contribution is 2.20. The Bertz CT molecular complexity index is 463. The van der Waals surface area contributed by atoms with Crippen LogP contribution in [0.3, 0.4) is 0 Å². The van der Waals surface area contributed by atoms with Crippen LogP contribution >= 0.6 is 0 Å². The van der Waals surface area contributed by atoms with E-state index in [0.717, 1.165) is 12.1 Å². The molecule has 2 aromatic rings. The summed E-state index contributed by atoms with van der Waals surface area (Å²) in [5.41, 5.74) is 3.54. The lowest BCUT2D eigenvalue weighted by Gasteiger charge is -2.04. The third kappa shape index (κ3) is 2.82. The van der Waals surface area contributed by atoms with Crippen molar-refractivity contribution in [2.75, 3.05) is 14.2 Å². The number of hydrogen-bond acceptors (Lipinski definition) is 3. The van der Waals surface area contributed by atoms with Gasteiger partial charge in [-0.05, 0) is 24.2 Å². The summed E-state index contributed by atoms with van der Waals surface area (Å²) in [7, 11) is 3.57. The molecule has 0 amide bonds. The molecular formula is C14H16N2O. The predicted octanol–water partition coefficient (Wildman–Crippen LogP) is 2.48. The quantitative estimate of drug-likeness (QED) is 0.873. The Morgan fingerprint density at radius 3 is 2.29 bits per heavy atom. The van der Waals surface area contributed by atoms with Crippen LogP contribution in [0.25, 0.3) is 11.1 Å². The van der Waals surface area contributed by atoms with Crippen LogP contribution in [-0.4, -0.2) is 19.1 Å². The standard InChI is InChI=1S/C14H16N2O/c1-15-9-11-3-5-12(6-4-11)13-7-8-14(17-2)16-10-13/h3-8,10,15H,9H2,1-2H3. The van der Waals surface area contributed by atoms with Crippen molar-refractivity contribution in [1.29, 1.82) is 0 Å². The SMILES string of the molecule is CNCc1ccc(-c2ccc(OC)nc2)cc1. The van der Waals surface area contributed by atoms with Crippen LogP contribution in [0.15, 0.2) is 42.6 Å². The number of nitrogens with one attached hydrogen (secondary N) is 1. The second kappa shape index (κ2) is 5.46. The normalized spacial score (nSPS) is 10.2. The Kier molecular flexibility index (Phi) is 3.73. The van der Waals surface area contributed by atoms with Crippen LogP contribution in [0, 0.1) is 0 Å². The minimum Gasteiger partial charge on any atom is -0.481 e. The molecular weight excluding hydrogens is 212 g/mol. The van der Waals surface area contributed by atoms with Crippen molar-refractivity contribution in [2.45, 2.75) is 6.54 Å². The lowest BCUT2D eigenvalue weighted by atomic mass is 10.1. The van der Waals surface area contributed by atoms with E-state index in [1.807, 2.05) is 25.4 Å². The number of rotatable bonds is 4. The topological polar surface area (TPSA) is 34.1 Å². The van der Waals surface area contributed by atoms with Crippen molar-refractivity contribution in [3.8, 4) is 17.0 Å². The number of methoxy groups -OCH3 is 1. The molecule has 17 heavy (non-hydrogen) atoms. The van der Waals surface area contributed by atoms with E-state index in [4.69, 9.17) is 4.74 Å². The van der Waals surface area contributed by atoms with Gasteiger partial charge in [-0.3, -0.25) is 0 Å². The molecule has 3 nitrogen and oxygen atoms in total. The van der Waals surface area contributed by atoms with Crippen LogP contribution in [0.2, 0.25) is 0 Å². The molecule has 0 aliphatic rings. The monoisotopic (exact) mass is 228 g/mol. The third-order valence-electron chi connectivity index (χ3n) is 2.61. The van der Waals surface area contributed by atoms with Gasteiger partial charge in [-0.25, -0.2) is 4.98 Å². The van der Waals surface area contributed by atoms with Gasteiger partial charge >= 0.3 is 0 Å². The minimum atomic E-state index is 0.639. The Morgan fingerprint density at radius 2 is 1.76 bits per heavy atom. The zero-order valence-corrected chi connectivity index (χ0v) is 10.1. The smallest absolute Gasteiger partial charge is 0.212 e. The van der Waals surface area contributed by atoms with Crippen molar-refractivity contribution >= 4 is 0 Å². The van der Waals surface area contributed by atoms with Crippen molar-refractivity contribution in [2.24, 2.45) is 0 Å². The molecule has 0 saturated heterocycles. The summed E-state index contributed by atoms with van der Waals surface area (Å²) in [6.45, 7) is 0.890. The first-order valence-corrected chi connectivity index (χ1v) is 5.57. The second-order valence-electron chi connectivity index (χ2n) is 3.82. The van der Waals surface area contributed by atoms with Crippen molar-refractivity contribution in [3.63, 3.8) is 0 Å². The van der Waals surface area contributed by atoms with E-state index in [0.29, 0.717) is 5.88 Å². The van der Waals surface area contributed by atoms with E-state index in [-0.39, 0.29) is 0 Å². The highest BCUT2D eigenvalue weighted by molar-refractivity contribution is 5.62. The molecule has 1 aromatic carbocycles. The van der Waals surface area contributed by atoms with E-state index in [2.05, 4.69) is 34.6 Å². The fourth-order valence-corrected chi connectivity index (χ4v) is 1.69. The Morgan fingerprint density at radius 1 is 1.06 bits per heavy atom. The molecule has 1 aromatic heterocycles. The highest BCUT2D eigenvalue weighted by atomic mass is 16.5. The van der Waals surface area contributed by atoms with Crippen LogP contribution in [0.4, 0.5) is 0 Å². The number of pyridine rings is 1. The highest BCUT2D eigenvalue weighted by Gasteiger charge is 1.99. The number of hydrogen-bond donors (Lipinski definition) is 1. The Balaban J connectivity index is 2.20. The zero-order valence-electron chi connectivity index (χ0n) is 10.1. The van der Waals surface area contributed by atoms with E-state index in [1.54, 1.807) is 7.11 Å². The maximum Gasteiger partial charge on any atom is 0.212 e. The maximum atomic E-state index is 5.04. The van der Waals surface area contributed by atoms with Crippen LogP contribution < -0.4 is 10.1 Å². The Labute approximate surface area is 101 Å². The maximum absolute atomic E-state index is 5.04. The molecule has 0 bridgehead atoms. The molecule has 0 saturated carbocycles. The Hall–Kier alpha value is -1.87. The fourth-order valence-electron chi connectivity index (χ4n) is 1.69. The van der Waals surface area contributed by atoms with Crippen LogP contribution in [0.5, 0.6) is 5.88 Å². The molecule has 0 spiro atoms. The number of benzene rings is 1. The largest absolute Gasteiger partial charge is 0.481 e. The molecule has 0 fully saturated rings. The van der Waals surface area contributed by atoms with Crippen LogP contribution in [0.1, 0.15) is 5.56 Å². The van der Waals surface area contributed by atoms with Gasteiger partial charge in [-0.1, -0.05) is 24.3 Å². The summed E-state index contributed by atoms with van der Waals surface area (Å²) in [6.07, 6.45) is 1.83. The van der Waals surface area contributed by atoms with Gasteiger partial charge in [0.05, 0.1) is 7.11 Å². The van der Waals surface area contributed by atoms with Gasteiger partial charge in [0.1, 0.15) is 0 Å². The molecule has 1 N–H and O–H groups in total. The van der Waals surface area contributed by atoms with Crippen LogP contribution in [-0.2, 0) is 6.54 Å². The summed E-state index contributed by atoms with van der Waals surface area (Å²) in [5, 5.41) is 3.13.